The van der Waals surface area contributed by atoms with Crippen molar-refractivity contribution in [3.05, 3.63) is 65.7 Å². The molecule has 4 nitrogen and oxygen atoms in total. The summed E-state index contributed by atoms with van der Waals surface area (Å²) in [6, 6.07) is 16.7. The average Bonchev–Trinajstić information content (AvgIpc) is 2.56. The Bertz CT molecular complexity index is 621. The third kappa shape index (κ3) is 4.74. The monoisotopic (exact) mass is 296 g/mol. The third-order valence-corrected chi connectivity index (χ3v) is 3.32. The molecule has 0 saturated heterocycles. The molecule has 2 rings (SSSR count). The van der Waals surface area contributed by atoms with Gasteiger partial charge in [0.15, 0.2) is 0 Å². The summed E-state index contributed by atoms with van der Waals surface area (Å²) < 4.78 is 0. The Labute approximate surface area is 130 Å². The van der Waals surface area contributed by atoms with Gasteiger partial charge in [-0.1, -0.05) is 37.3 Å². The van der Waals surface area contributed by atoms with Crippen LogP contribution in [0.3, 0.4) is 0 Å². The highest BCUT2D eigenvalue weighted by molar-refractivity contribution is 5.95. The fourth-order valence-electron chi connectivity index (χ4n) is 2.03. The van der Waals surface area contributed by atoms with E-state index in [1.807, 2.05) is 42.5 Å². The van der Waals surface area contributed by atoms with Gasteiger partial charge >= 0.3 is 0 Å². The lowest BCUT2D eigenvalue weighted by molar-refractivity contribution is -0.116. The van der Waals surface area contributed by atoms with Crippen molar-refractivity contribution in [2.24, 2.45) is 0 Å². The number of benzene rings is 2. The van der Waals surface area contributed by atoms with Crippen molar-refractivity contribution in [1.29, 1.82) is 0 Å². The van der Waals surface area contributed by atoms with E-state index in [4.69, 9.17) is 0 Å². The first-order chi connectivity index (χ1) is 10.7. The molecular formula is C18H20N2O2. The van der Waals surface area contributed by atoms with Crippen LogP contribution in [0, 0.1) is 0 Å². The molecule has 0 spiro atoms. The number of hydrogen-bond donors (Lipinski definition) is 2. The minimum Gasteiger partial charge on any atom is -0.352 e. The van der Waals surface area contributed by atoms with Gasteiger partial charge in [0.2, 0.25) is 5.91 Å². The fraction of sp³-hybridized carbons (Fsp3) is 0.222. The van der Waals surface area contributed by atoms with Gasteiger partial charge < -0.3 is 10.6 Å². The van der Waals surface area contributed by atoms with Crippen molar-refractivity contribution in [2.75, 3.05) is 11.9 Å². The summed E-state index contributed by atoms with van der Waals surface area (Å²) >= 11 is 0. The van der Waals surface area contributed by atoms with Gasteiger partial charge in [-0.25, -0.2) is 0 Å². The number of carbonyl (C=O) groups excluding carboxylic acids is 2. The largest absolute Gasteiger partial charge is 0.352 e. The van der Waals surface area contributed by atoms with E-state index in [0.29, 0.717) is 12.1 Å². The van der Waals surface area contributed by atoms with E-state index in [9.17, 15) is 9.59 Å². The summed E-state index contributed by atoms with van der Waals surface area (Å²) in [5.74, 6) is -0.279. The van der Waals surface area contributed by atoms with E-state index in [0.717, 1.165) is 12.1 Å². The maximum Gasteiger partial charge on any atom is 0.251 e. The summed E-state index contributed by atoms with van der Waals surface area (Å²) in [7, 11) is 0. The Morgan fingerprint density at radius 3 is 2.27 bits per heavy atom. The van der Waals surface area contributed by atoms with E-state index in [2.05, 4.69) is 17.6 Å². The lowest BCUT2D eigenvalue weighted by atomic mass is 10.1. The Kier molecular flexibility index (Phi) is 5.72. The fourth-order valence-corrected chi connectivity index (χ4v) is 2.03. The molecule has 2 N–H and O–H groups in total. The first-order valence-corrected chi connectivity index (χ1v) is 7.41. The van der Waals surface area contributed by atoms with E-state index in [1.54, 1.807) is 12.1 Å². The van der Waals surface area contributed by atoms with Crippen LogP contribution in [-0.4, -0.2) is 18.4 Å². The first-order valence-electron chi connectivity index (χ1n) is 7.41. The normalized spacial score (nSPS) is 10.0. The van der Waals surface area contributed by atoms with Crippen molar-refractivity contribution in [3.8, 4) is 0 Å². The maximum absolute atomic E-state index is 11.8. The molecule has 0 saturated carbocycles. The molecule has 22 heavy (non-hydrogen) atoms. The molecular weight excluding hydrogens is 276 g/mol. The molecule has 0 radical (unpaired) electrons. The van der Waals surface area contributed by atoms with Crippen LogP contribution < -0.4 is 10.6 Å². The van der Waals surface area contributed by atoms with Crippen LogP contribution in [0.2, 0.25) is 0 Å². The Hall–Kier alpha value is -2.62. The number of anilines is 1. The van der Waals surface area contributed by atoms with Crippen LogP contribution in [0.1, 0.15) is 29.3 Å². The Morgan fingerprint density at radius 1 is 0.955 bits per heavy atom. The summed E-state index contributed by atoms with van der Waals surface area (Å²) in [6.07, 6.45) is 1.22. The second-order valence-corrected chi connectivity index (χ2v) is 4.97. The number of rotatable bonds is 6. The summed E-state index contributed by atoms with van der Waals surface area (Å²) in [5, 5.41) is 5.55. The van der Waals surface area contributed by atoms with E-state index >= 15 is 0 Å². The summed E-state index contributed by atoms with van der Waals surface area (Å²) in [5.41, 5.74) is 2.60. The molecule has 0 heterocycles. The lowest BCUT2D eigenvalue weighted by Crippen LogP contribution is -2.27. The molecule has 2 aromatic rings. The third-order valence-electron chi connectivity index (χ3n) is 3.32. The molecule has 0 aliphatic heterocycles. The first kappa shape index (κ1) is 15.8. The van der Waals surface area contributed by atoms with Crippen LogP contribution in [0.4, 0.5) is 5.69 Å². The highest BCUT2D eigenvalue weighted by Gasteiger charge is 2.06. The molecule has 0 bridgehead atoms. The minimum absolute atomic E-state index is 0.113. The van der Waals surface area contributed by atoms with Gasteiger partial charge in [0, 0.05) is 24.2 Å². The summed E-state index contributed by atoms with van der Waals surface area (Å²) in [6.45, 7) is 2.40. The van der Waals surface area contributed by atoms with Crippen LogP contribution >= 0.6 is 0 Å². The molecule has 0 unspecified atom stereocenters. The zero-order chi connectivity index (χ0) is 15.8. The molecule has 0 aromatic heterocycles. The lowest BCUT2D eigenvalue weighted by Gasteiger charge is -2.07. The second-order valence-electron chi connectivity index (χ2n) is 4.97. The van der Waals surface area contributed by atoms with Crippen LogP contribution in [-0.2, 0) is 11.2 Å². The van der Waals surface area contributed by atoms with Crippen molar-refractivity contribution in [2.45, 2.75) is 19.8 Å². The van der Waals surface area contributed by atoms with Crippen molar-refractivity contribution in [3.63, 3.8) is 0 Å². The van der Waals surface area contributed by atoms with Gasteiger partial charge in [0.1, 0.15) is 0 Å². The van der Waals surface area contributed by atoms with Crippen LogP contribution in [0.5, 0.6) is 0 Å². The van der Waals surface area contributed by atoms with E-state index in [-0.39, 0.29) is 18.2 Å². The highest BCUT2D eigenvalue weighted by atomic mass is 16.2. The molecule has 0 atom stereocenters. The highest BCUT2D eigenvalue weighted by Crippen LogP contribution is 2.10. The second kappa shape index (κ2) is 7.98. The topological polar surface area (TPSA) is 58.2 Å². The molecule has 0 aliphatic carbocycles. The minimum atomic E-state index is -0.166. The smallest absolute Gasteiger partial charge is 0.251 e. The van der Waals surface area contributed by atoms with Gasteiger partial charge in [-0.15, -0.1) is 0 Å². The molecule has 4 heteroatoms. The van der Waals surface area contributed by atoms with Crippen molar-refractivity contribution < 1.29 is 9.59 Å². The predicted octanol–water partition coefficient (Wildman–Crippen LogP) is 3.01. The number of carbonyl (C=O) groups is 2. The van der Waals surface area contributed by atoms with Gasteiger partial charge in [0.25, 0.3) is 5.91 Å². The predicted molar refractivity (Wildman–Crippen MR) is 87.8 cm³/mol. The standard InChI is InChI=1S/C18H20N2O2/c1-2-14-8-10-16(11-9-14)20-17(21)12-13-19-18(22)15-6-4-3-5-7-15/h3-11H,2,12-13H2,1H3,(H,19,22)(H,20,21). The van der Waals surface area contributed by atoms with E-state index < -0.39 is 0 Å². The maximum atomic E-state index is 11.8. The van der Waals surface area contributed by atoms with Crippen molar-refractivity contribution in [1.82, 2.24) is 5.32 Å². The zero-order valence-corrected chi connectivity index (χ0v) is 12.6. The van der Waals surface area contributed by atoms with E-state index in [1.165, 1.54) is 5.56 Å². The van der Waals surface area contributed by atoms with Crippen LogP contribution in [0.25, 0.3) is 0 Å². The molecule has 2 aromatic carbocycles. The van der Waals surface area contributed by atoms with Crippen LogP contribution in [0.15, 0.2) is 54.6 Å². The Morgan fingerprint density at radius 2 is 1.64 bits per heavy atom. The summed E-state index contributed by atoms with van der Waals surface area (Å²) in [4.78, 5) is 23.6. The van der Waals surface area contributed by atoms with Gasteiger partial charge in [0.05, 0.1) is 0 Å². The average molecular weight is 296 g/mol. The number of hydrogen-bond acceptors (Lipinski definition) is 2. The molecule has 0 fully saturated rings. The number of amides is 2. The number of aryl methyl sites for hydroxylation is 1. The van der Waals surface area contributed by atoms with Gasteiger partial charge in [-0.3, -0.25) is 9.59 Å². The Balaban J connectivity index is 1.74. The quantitative estimate of drug-likeness (QED) is 0.861. The van der Waals surface area contributed by atoms with Gasteiger partial charge in [-0.2, -0.15) is 0 Å². The molecule has 2 amide bonds. The molecule has 114 valence electrons. The zero-order valence-electron chi connectivity index (χ0n) is 12.6. The number of nitrogens with one attached hydrogen (secondary N) is 2. The van der Waals surface area contributed by atoms with Gasteiger partial charge in [-0.05, 0) is 36.2 Å². The molecule has 0 aliphatic rings. The van der Waals surface area contributed by atoms with Crippen molar-refractivity contribution >= 4 is 17.5 Å². The SMILES string of the molecule is CCc1ccc(NC(=O)CCNC(=O)c2ccccc2)cc1.